The van der Waals surface area contributed by atoms with Gasteiger partial charge >= 0.3 is 0 Å². The van der Waals surface area contributed by atoms with Gasteiger partial charge in [0.15, 0.2) is 0 Å². The Morgan fingerprint density at radius 2 is 1.91 bits per heavy atom. The van der Waals surface area contributed by atoms with E-state index in [1.807, 2.05) is 16.7 Å². The van der Waals surface area contributed by atoms with Crippen molar-refractivity contribution in [3.63, 3.8) is 0 Å². The van der Waals surface area contributed by atoms with Crippen molar-refractivity contribution in [2.45, 2.75) is 31.7 Å². The Kier molecular flexibility index (Phi) is 6.17. The second-order valence-corrected chi connectivity index (χ2v) is 8.59. The highest BCUT2D eigenvalue weighted by atomic mass is 19.1. The van der Waals surface area contributed by atoms with Crippen LogP contribution in [0.5, 0.6) is 0 Å². The molecule has 1 saturated heterocycles. The number of rotatable bonds is 8. The summed E-state index contributed by atoms with van der Waals surface area (Å²) < 4.78 is 15.5. The number of halogens is 1. The summed E-state index contributed by atoms with van der Waals surface area (Å²) in [5, 5.41) is 11.9. The number of carbonyl (C=O) groups is 1. The third kappa shape index (κ3) is 4.96. The molecule has 2 aromatic heterocycles. The molecule has 0 saturated carbocycles. The van der Waals surface area contributed by atoms with Crippen LogP contribution in [0.25, 0.3) is 16.6 Å². The average Bonchev–Trinajstić information content (AvgIpc) is 3.49. The minimum atomic E-state index is -0.205. The van der Waals surface area contributed by atoms with E-state index in [0.29, 0.717) is 13.1 Å². The van der Waals surface area contributed by atoms with Crippen molar-refractivity contribution in [1.82, 2.24) is 30.0 Å². The monoisotopic (exact) mass is 446 g/mol. The van der Waals surface area contributed by atoms with Crippen LogP contribution in [0.1, 0.15) is 24.0 Å². The van der Waals surface area contributed by atoms with E-state index in [1.54, 1.807) is 24.8 Å². The Labute approximate surface area is 191 Å². The van der Waals surface area contributed by atoms with Gasteiger partial charge in [0.1, 0.15) is 18.5 Å². The van der Waals surface area contributed by atoms with Crippen molar-refractivity contribution in [3.8, 4) is 5.69 Å². The van der Waals surface area contributed by atoms with E-state index in [-0.39, 0.29) is 17.8 Å². The normalized spacial score (nSPS) is 15.6. The van der Waals surface area contributed by atoms with Crippen molar-refractivity contribution in [3.05, 3.63) is 78.3 Å². The number of aryl methyl sites for hydroxylation is 2. The van der Waals surface area contributed by atoms with E-state index in [4.69, 9.17) is 0 Å². The summed E-state index contributed by atoms with van der Waals surface area (Å²) in [6, 6.07) is 13.3. The van der Waals surface area contributed by atoms with E-state index >= 15 is 0 Å². The van der Waals surface area contributed by atoms with E-state index in [2.05, 4.69) is 43.7 Å². The summed E-state index contributed by atoms with van der Waals surface area (Å²) in [6.45, 7) is 1.93. The van der Waals surface area contributed by atoms with Crippen LogP contribution in [0, 0.1) is 5.82 Å². The van der Waals surface area contributed by atoms with Gasteiger partial charge in [-0.15, -0.1) is 10.2 Å². The molecule has 5 rings (SSSR count). The van der Waals surface area contributed by atoms with Gasteiger partial charge in [0.25, 0.3) is 0 Å². The number of nitrogens with zero attached hydrogens (tertiary/aromatic N) is 4. The molecule has 1 aliphatic rings. The zero-order chi connectivity index (χ0) is 22.6. The Balaban J connectivity index is 1.33. The third-order valence-electron chi connectivity index (χ3n) is 6.45. The molecule has 8 heteroatoms. The molecule has 0 aliphatic carbocycles. The molecule has 0 bridgehead atoms. The molecule has 0 spiro atoms. The summed E-state index contributed by atoms with van der Waals surface area (Å²) >= 11 is 0. The molecular formula is C25H27FN6O. The molecule has 3 heterocycles. The summed E-state index contributed by atoms with van der Waals surface area (Å²) in [4.78, 5) is 17.7. The molecule has 2 aromatic carbocycles. The fraction of sp³-hybridized carbons (Fsp3) is 0.320. The third-order valence-corrected chi connectivity index (χ3v) is 6.45. The van der Waals surface area contributed by atoms with E-state index < -0.39 is 0 Å². The molecule has 1 unspecified atom stereocenters. The highest BCUT2D eigenvalue weighted by Crippen LogP contribution is 2.25. The van der Waals surface area contributed by atoms with Gasteiger partial charge in [-0.3, -0.25) is 14.3 Å². The predicted octanol–water partition coefficient (Wildman–Crippen LogP) is 3.25. The number of fused-ring (bicyclic) bond motifs is 1. The van der Waals surface area contributed by atoms with Crippen LogP contribution >= 0.6 is 0 Å². The minimum Gasteiger partial charge on any atom is -0.361 e. The van der Waals surface area contributed by atoms with Gasteiger partial charge in [-0.2, -0.15) is 0 Å². The van der Waals surface area contributed by atoms with E-state index in [0.717, 1.165) is 49.0 Å². The SMILES string of the molecule is O=C1CN(C(CCc2cccc(F)c2)CCc2c[nH]c3ccc(-n4cnnc4)cc23)CCN1. The highest BCUT2D eigenvalue weighted by Gasteiger charge is 2.24. The lowest BCUT2D eigenvalue weighted by Crippen LogP contribution is -2.51. The van der Waals surface area contributed by atoms with Crippen LogP contribution in [0.4, 0.5) is 4.39 Å². The van der Waals surface area contributed by atoms with Crippen molar-refractivity contribution in [2.75, 3.05) is 19.6 Å². The first-order valence-corrected chi connectivity index (χ1v) is 11.4. The molecule has 1 atom stereocenters. The van der Waals surface area contributed by atoms with Crippen molar-refractivity contribution in [2.24, 2.45) is 0 Å². The molecule has 1 fully saturated rings. The van der Waals surface area contributed by atoms with Crippen LogP contribution in [-0.2, 0) is 17.6 Å². The van der Waals surface area contributed by atoms with Crippen molar-refractivity contribution in [1.29, 1.82) is 0 Å². The first-order chi connectivity index (χ1) is 16.2. The van der Waals surface area contributed by atoms with Gasteiger partial charge in [-0.1, -0.05) is 12.1 Å². The maximum atomic E-state index is 13.6. The number of aromatic nitrogens is 4. The maximum absolute atomic E-state index is 13.6. The van der Waals surface area contributed by atoms with E-state index in [9.17, 15) is 9.18 Å². The van der Waals surface area contributed by atoms with Crippen LogP contribution in [0.15, 0.2) is 61.3 Å². The smallest absolute Gasteiger partial charge is 0.234 e. The van der Waals surface area contributed by atoms with Crippen molar-refractivity contribution >= 4 is 16.8 Å². The lowest BCUT2D eigenvalue weighted by Gasteiger charge is -2.34. The quantitative estimate of drug-likeness (QED) is 0.436. The second-order valence-electron chi connectivity index (χ2n) is 8.59. The molecule has 4 aromatic rings. The number of amides is 1. The summed E-state index contributed by atoms with van der Waals surface area (Å²) in [5.74, 6) is -0.133. The lowest BCUT2D eigenvalue weighted by atomic mass is 9.97. The number of carbonyl (C=O) groups excluding carboxylic acids is 1. The number of aromatic amines is 1. The minimum absolute atomic E-state index is 0.0719. The molecule has 1 amide bonds. The molecular weight excluding hydrogens is 419 g/mol. The van der Waals surface area contributed by atoms with Gasteiger partial charge < -0.3 is 10.3 Å². The first-order valence-electron chi connectivity index (χ1n) is 11.4. The Hall–Kier alpha value is -3.52. The Morgan fingerprint density at radius 1 is 1.06 bits per heavy atom. The standard InChI is InChI=1S/C25H27FN6O/c26-20-3-1-2-18(12-20)4-6-21(31-11-10-27-25(33)15-31)7-5-19-14-28-24-9-8-22(13-23(19)24)32-16-29-30-17-32/h1-3,8-9,12-14,16-17,21,28H,4-7,10-11,15H2,(H,27,33). The number of hydrogen-bond donors (Lipinski definition) is 2. The summed E-state index contributed by atoms with van der Waals surface area (Å²) in [5.41, 5.74) is 4.35. The Morgan fingerprint density at radius 3 is 2.73 bits per heavy atom. The fourth-order valence-corrected chi connectivity index (χ4v) is 4.70. The van der Waals surface area contributed by atoms with Gasteiger partial charge in [-0.25, -0.2) is 4.39 Å². The van der Waals surface area contributed by atoms with Crippen LogP contribution in [0.3, 0.4) is 0 Å². The topological polar surface area (TPSA) is 78.8 Å². The molecule has 7 nitrogen and oxygen atoms in total. The molecule has 1 aliphatic heterocycles. The zero-order valence-electron chi connectivity index (χ0n) is 18.4. The van der Waals surface area contributed by atoms with Gasteiger partial charge in [0, 0.05) is 41.9 Å². The number of nitrogens with one attached hydrogen (secondary N) is 2. The zero-order valence-corrected chi connectivity index (χ0v) is 18.4. The largest absolute Gasteiger partial charge is 0.361 e. The van der Waals surface area contributed by atoms with Gasteiger partial charge in [0.2, 0.25) is 5.91 Å². The predicted molar refractivity (Wildman–Crippen MR) is 125 cm³/mol. The van der Waals surface area contributed by atoms with E-state index in [1.165, 1.54) is 17.0 Å². The van der Waals surface area contributed by atoms with Crippen LogP contribution < -0.4 is 5.32 Å². The fourth-order valence-electron chi connectivity index (χ4n) is 4.70. The second kappa shape index (κ2) is 9.54. The van der Waals surface area contributed by atoms with Crippen LogP contribution in [0.2, 0.25) is 0 Å². The number of H-pyrrole nitrogens is 1. The molecule has 170 valence electrons. The van der Waals surface area contributed by atoms with Crippen LogP contribution in [-0.4, -0.2) is 56.2 Å². The average molecular weight is 447 g/mol. The van der Waals surface area contributed by atoms with Gasteiger partial charge in [-0.05, 0) is 67.1 Å². The molecule has 0 radical (unpaired) electrons. The highest BCUT2D eigenvalue weighted by molar-refractivity contribution is 5.85. The Bertz CT molecular complexity index is 1230. The number of piperazine rings is 1. The molecule has 33 heavy (non-hydrogen) atoms. The summed E-state index contributed by atoms with van der Waals surface area (Å²) in [7, 11) is 0. The lowest BCUT2D eigenvalue weighted by molar-refractivity contribution is -0.125. The number of hydrogen-bond acceptors (Lipinski definition) is 4. The van der Waals surface area contributed by atoms with Crippen molar-refractivity contribution < 1.29 is 9.18 Å². The summed E-state index contributed by atoms with van der Waals surface area (Å²) in [6.07, 6.45) is 8.93. The van der Waals surface area contributed by atoms with Gasteiger partial charge in [0.05, 0.1) is 6.54 Å². The molecule has 2 N–H and O–H groups in total. The maximum Gasteiger partial charge on any atom is 0.234 e. The first kappa shape index (κ1) is 21.3. The number of benzene rings is 2.